The summed E-state index contributed by atoms with van der Waals surface area (Å²) in [5.74, 6) is 0. The first-order valence-electron chi connectivity index (χ1n) is 4.58. The van der Waals surface area contributed by atoms with Crippen molar-refractivity contribution in [2.45, 2.75) is 12.2 Å². The molecule has 1 aromatic carbocycles. The van der Waals surface area contributed by atoms with Crippen molar-refractivity contribution < 1.29 is 10.2 Å². The Morgan fingerprint density at radius 2 is 2.06 bits per heavy atom. The molecule has 0 aliphatic carbocycles. The SMILES string of the molecule is [N-]=[N+]=NCC(O)C(O)c1cccc(N)c1N. The second-order valence-corrected chi connectivity index (χ2v) is 3.28. The molecule has 7 nitrogen and oxygen atoms in total. The van der Waals surface area contributed by atoms with Crippen LogP contribution >= 0.6 is 0 Å². The highest BCUT2D eigenvalue weighted by Crippen LogP contribution is 2.27. The summed E-state index contributed by atoms with van der Waals surface area (Å²) in [5, 5.41) is 22.4. The molecule has 86 valence electrons. The maximum absolute atomic E-state index is 9.75. The molecular weight excluding hydrogens is 210 g/mol. The van der Waals surface area contributed by atoms with Gasteiger partial charge in [0.25, 0.3) is 0 Å². The third-order valence-electron chi connectivity index (χ3n) is 2.19. The molecule has 0 amide bonds. The maximum Gasteiger partial charge on any atom is 0.107 e. The fourth-order valence-electron chi connectivity index (χ4n) is 1.29. The summed E-state index contributed by atoms with van der Waals surface area (Å²) in [6, 6.07) is 4.76. The van der Waals surface area contributed by atoms with Crippen molar-refractivity contribution in [1.29, 1.82) is 0 Å². The van der Waals surface area contributed by atoms with Gasteiger partial charge in [0.15, 0.2) is 0 Å². The number of hydrogen-bond acceptors (Lipinski definition) is 5. The number of nitrogen functional groups attached to an aromatic ring is 2. The lowest BCUT2D eigenvalue weighted by molar-refractivity contribution is 0.0249. The summed E-state index contributed by atoms with van der Waals surface area (Å²) in [7, 11) is 0. The Morgan fingerprint density at radius 3 is 2.69 bits per heavy atom. The van der Waals surface area contributed by atoms with Gasteiger partial charge < -0.3 is 21.7 Å². The van der Waals surface area contributed by atoms with E-state index in [1.165, 1.54) is 0 Å². The summed E-state index contributed by atoms with van der Waals surface area (Å²) < 4.78 is 0. The molecular formula is C9H13N5O2. The van der Waals surface area contributed by atoms with Gasteiger partial charge in [-0.05, 0) is 11.6 Å². The molecule has 0 aliphatic heterocycles. The van der Waals surface area contributed by atoms with E-state index in [1.807, 2.05) is 0 Å². The first-order valence-corrected chi connectivity index (χ1v) is 4.58. The summed E-state index contributed by atoms with van der Waals surface area (Å²) in [6.45, 7) is -0.230. The minimum Gasteiger partial charge on any atom is -0.397 e. The van der Waals surface area contributed by atoms with Gasteiger partial charge in [0.05, 0.1) is 24.0 Å². The number of nitrogens with zero attached hydrogens (tertiary/aromatic N) is 3. The molecule has 0 radical (unpaired) electrons. The molecule has 6 N–H and O–H groups in total. The number of rotatable bonds is 4. The molecule has 0 aliphatic rings. The lowest BCUT2D eigenvalue weighted by atomic mass is 10.0. The fourth-order valence-corrected chi connectivity index (χ4v) is 1.29. The van der Waals surface area contributed by atoms with Crippen molar-refractivity contribution in [3.63, 3.8) is 0 Å². The van der Waals surface area contributed by atoms with Crippen LogP contribution in [0.1, 0.15) is 11.7 Å². The Morgan fingerprint density at radius 1 is 1.38 bits per heavy atom. The summed E-state index contributed by atoms with van der Waals surface area (Å²) in [6.07, 6.45) is -2.44. The van der Waals surface area contributed by atoms with E-state index in [0.717, 1.165) is 0 Å². The van der Waals surface area contributed by atoms with Gasteiger partial charge in [0.1, 0.15) is 6.10 Å². The van der Waals surface area contributed by atoms with Gasteiger partial charge in [-0.25, -0.2) is 0 Å². The third kappa shape index (κ3) is 2.54. The molecule has 2 atom stereocenters. The van der Waals surface area contributed by atoms with Crippen LogP contribution in [0, 0.1) is 0 Å². The van der Waals surface area contributed by atoms with Gasteiger partial charge >= 0.3 is 0 Å². The first kappa shape index (κ1) is 12.1. The highest BCUT2D eigenvalue weighted by Gasteiger charge is 2.20. The molecule has 0 saturated carbocycles. The average Bonchev–Trinajstić information content (AvgIpc) is 2.28. The summed E-state index contributed by atoms with van der Waals surface area (Å²) in [4.78, 5) is 2.49. The Bertz CT molecular complexity index is 416. The number of azide groups is 1. The number of aliphatic hydroxyl groups excluding tert-OH is 2. The monoisotopic (exact) mass is 223 g/mol. The standard InChI is InChI=1S/C9H13N5O2/c10-6-3-1-2-5(8(6)11)9(16)7(15)4-13-14-12/h1-3,7,9,15-16H,4,10-11H2. The van der Waals surface area contributed by atoms with Crippen LogP contribution < -0.4 is 11.5 Å². The average molecular weight is 223 g/mol. The second-order valence-electron chi connectivity index (χ2n) is 3.28. The molecule has 0 fully saturated rings. The minimum atomic E-state index is -1.23. The third-order valence-corrected chi connectivity index (χ3v) is 2.19. The summed E-state index contributed by atoms with van der Waals surface area (Å²) >= 11 is 0. The largest absolute Gasteiger partial charge is 0.397 e. The molecule has 1 rings (SSSR count). The molecule has 1 aromatic rings. The highest BCUT2D eigenvalue weighted by atomic mass is 16.3. The number of benzene rings is 1. The minimum absolute atomic E-state index is 0.218. The molecule has 0 heterocycles. The normalized spacial score (nSPS) is 13.9. The zero-order valence-corrected chi connectivity index (χ0v) is 8.48. The Kier molecular flexibility index (Phi) is 3.96. The van der Waals surface area contributed by atoms with E-state index in [4.69, 9.17) is 17.0 Å². The lowest BCUT2D eigenvalue weighted by Crippen LogP contribution is -2.22. The van der Waals surface area contributed by atoms with E-state index < -0.39 is 12.2 Å². The van der Waals surface area contributed by atoms with Crippen LogP contribution in [0.2, 0.25) is 0 Å². The van der Waals surface area contributed by atoms with Crippen molar-refractivity contribution in [2.75, 3.05) is 18.0 Å². The summed E-state index contributed by atoms with van der Waals surface area (Å²) in [5.41, 5.74) is 20.2. The van der Waals surface area contributed by atoms with Crippen LogP contribution in [-0.4, -0.2) is 22.9 Å². The molecule has 0 aromatic heterocycles. The Hall–Kier alpha value is -1.95. The smallest absolute Gasteiger partial charge is 0.107 e. The van der Waals surface area contributed by atoms with Crippen molar-refractivity contribution in [2.24, 2.45) is 5.11 Å². The quantitative estimate of drug-likeness (QED) is 0.256. The van der Waals surface area contributed by atoms with E-state index in [9.17, 15) is 10.2 Å². The molecule has 7 heteroatoms. The van der Waals surface area contributed by atoms with Crippen LogP contribution in [0.5, 0.6) is 0 Å². The van der Waals surface area contributed by atoms with Crippen LogP contribution in [0.4, 0.5) is 11.4 Å². The fraction of sp³-hybridized carbons (Fsp3) is 0.333. The van der Waals surface area contributed by atoms with Crippen molar-refractivity contribution >= 4 is 11.4 Å². The van der Waals surface area contributed by atoms with Crippen LogP contribution in [-0.2, 0) is 0 Å². The van der Waals surface area contributed by atoms with Gasteiger partial charge in [-0.15, -0.1) is 0 Å². The van der Waals surface area contributed by atoms with Gasteiger partial charge in [-0.1, -0.05) is 17.2 Å². The molecule has 0 bridgehead atoms. The zero-order valence-electron chi connectivity index (χ0n) is 8.48. The van der Waals surface area contributed by atoms with Crippen molar-refractivity contribution in [3.05, 3.63) is 34.2 Å². The zero-order chi connectivity index (χ0) is 12.1. The topological polar surface area (TPSA) is 141 Å². The van der Waals surface area contributed by atoms with Gasteiger partial charge in [0, 0.05) is 10.5 Å². The van der Waals surface area contributed by atoms with Crippen molar-refractivity contribution in [3.8, 4) is 0 Å². The van der Waals surface area contributed by atoms with Gasteiger partial charge in [-0.2, -0.15) is 0 Å². The number of anilines is 2. The van der Waals surface area contributed by atoms with E-state index in [0.29, 0.717) is 11.3 Å². The van der Waals surface area contributed by atoms with E-state index >= 15 is 0 Å². The van der Waals surface area contributed by atoms with Crippen LogP contribution in [0.25, 0.3) is 10.4 Å². The maximum atomic E-state index is 9.75. The molecule has 0 spiro atoms. The number of aliphatic hydroxyl groups is 2. The Labute approximate surface area is 91.9 Å². The van der Waals surface area contributed by atoms with E-state index in [2.05, 4.69) is 10.0 Å². The second kappa shape index (κ2) is 5.22. The number of nitrogens with two attached hydrogens (primary N) is 2. The number of para-hydroxylation sites is 1. The van der Waals surface area contributed by atoms with E-state index in [-0.39, 0.29) is 12.2 Å². The van der Waals surface area contributed by atoms with Gasteiger partial charge in [-0.3, -0.25) is 0 Å². The van der Waals surface area contributed by atoms with Crippen LogP contribution in [0.3, 0.4) is 0 Å². The predicted molar refractivity (Wildman–Crippen MR) is 60.2 cm³/mol. The van der Waals surface area contributed by atoms with E-state index in [1.54, 1.807) is 18.2 Å². The first-order chi connectivity index (χ1) is 7.57. The predicted octanol–water partition coefficient (Wildman–Crippen LogP) is 0.556. The van der Waals surface area contributed by atoms with Gasteiger partial charge in [0.2, 0.25) is 0 Å². The molecule has 0 saturated heterocycles. The van der Waals surface area contributed by atoms with Crippen LogP contribution in [0.15, 0.2) is 23.3 Å². The number of hydrogen-bond donors (Lipinski definition) is 4. The molecule has 2 unspecified atom stereocenters. The Balaban J connectivity index is 2.91. The molecule has 16 heavy (non-hydrogen) atoms. The highest BCUT2D eigenvalue weighted by molar-refractivity contribution is 5.67. The lowest BCUT2D eigenvalue weighted by Gasteiger charge is -2.18. The van der Waals surface area contributed by atoms with Crippen molar-refractivity contribution in [1.82, 2.24) is 0 Å².